The highest BCUT2D eigenvalue weighted by Crippen LogP contribution is 2.55. The minimum absolute atomic E-state index is 0.00396. The molecule has 0 saturated carbocycles. The summed E-state index contributed by atoms with van der Waals surface area (Å²) < 4.78 is 37.8. The Hall–Kier alpha value is -4.48. The molecule has 56 heavy (non-hydrogen) atoms. The van der Waals surface area contributed by atoms with Gasteiger partial charge < -0.3 is 48.8 Å². The molecule has 0 spiro atoms. The third-order valence-corrected chi connectivity index (χ3v) is 12.6. The number of hydrogen-bond acceptors (Lipinski definition) is 16. The fourth-order valence-corrected chi connectivity index (χ4v) is 9.43. The van der Waals surface area contributed by atoms with Crippen molar-refractivity contribution in [2.75, 3.05) is 59.5 Å². The van der Waals surface area contributed by atoms with Crippen LogP contribution in [0, 0.1) is 0 Å². The predicted octanol–water partition coefficient (Wildman–Crippen LogP) is 5.56. The first-order valence-corrected chi connectivity index (χ1v) is 19.9. The lowest BCUT2D eigenvalue weighted by molar-refractivity contribution is 0.0443. The van der Waals surface area contributed by atoms with Gasteiger partial charge in [-0.25, -0.2) is 23.9 Å². The number of rotatable bonds is 24. The molecule has 5 rings (SSSR count). The number of nitrogens with zero attached hydrogens (tertiary/aromatic N) is 3. The van der Waals surface area contributed by atoms with Gasteiger partial charge in [0.1, 0.15) is 24.7 Å². The molecule has 0 atom stereocenters. The molecule has 0 amide bonds. The number of ether oxygens (including phenoxy) is 6. The molecule has 3 heterocycles. The summed E-state index contributed by atoms with van der Waals surface area (Å²) in [6.07, 6.45) is 1.50. The molecule has 0 fully saturated rings. The lowest BCUT2D eigenvalue weighted by Crippen LogP contribution is -2.14. The number of aromatic carboxylic acids is 4. The fraction of sp³-hybridized carbons (Fsp3) is 0.314. The summed E-state index contributed by atoms with van der Waals surface area (Å²) in [5.41, 5.74) is -0.144. The third kappa shape index (κ3) is 13.3. The second kappa shape index (κ2) is 21.7. The quantitative estimate of drug-likeness (QED) is 0.0807. The molecule has 17 nitrogen and oxygen atoms in total. The Morgan fingerprint density at radius 3 is 1.50 bits per heavy atom. The van der Waals surface area contributed by atoms with Crippen LogP contribution in [0.15, 0.2) is 71.7 Å². The maximum absolute atomic E-state index is 11.3. The summed E-state index contributed by atoms with van der Waals surface area (Å²) in [5, 5.41) is 48.9. The van der Waals surface area contributed by atoms with E-state index in [4.69, 9.17) is 38.6 Å². The van der Waals surface area contributed by atoms with Crippen molar-refractivity contribution in [2.45, 2.75) is 13.2 Å². The minimum atomic E-state index is -1.26. The molecule has 3 aromatic rings. The first-order valence-electron chi connectivity index (χ1n) is 16.5. The van der Waals surface area contributed by atoms with Gasteiger partial charge in [0.2, 0.25) is 0 Å². The predicted molar refractivity (Wildman–Crippen MR) is 207 cm³/mol. The van der Waals surface area contributed by atoms with Crippen molar-refractivity contribution >= 4 is 70.9 Å². The Morgan fingerprint density at radius 2 is 1.00 bits per heavy atom. The highest BCUT2D eigenvalue weighted by atomic mass is 32.2. The zero-order valence-electron chi connectivity index (χ0n) is 29.3. The topological polar surface area (TPSA) is 235 Å². The van der Waals surface area contributed by atoms with E-state index in [1.165, 1.54) is 38.9 Å². The largest absolute Gasteiger partial charge is 0.491 e. The lowest BCUT2D eigenvalue weighted by Gasteiger charge is -2.10. The van der Waals surface area contributed by atoms with E-state index in [1.807, 2.05) is 0 Å². The van der Waals surface area contributed by atoms with Gasteiger partial charge >= 0.3 is 23.9 Å². The van der Waals surface area contributed by atoms with Crippen LogP contribution < -0.4 is 9.47 Å². The monoisotopic (exact) mass is 849 g/mol. The molecule has 2 aliphatic heterocycles. The minimum Gasteiger partial charge on any atom is -0.491 e. The van der Waals surface area contributed by atoms with Crippen molar-refractivity contribution < 1.29 is 68.0 Å². The van der Waals surface area contributed by atoms with Gasteiger partial charge in [0.25, 0.3) is 0 Å². The van der Waals surface area contributed by atoms with Crippen molar-refractivity contribution in [1.29, 1.82) is 0 Å². The first kappa shape index (κ1) is 42.7. The molecular weight excluding hydrogens is 815 g/mol. The molecule has 0 aliphatic carbocycles. The number of hydrogen-bond donors (Lipinski definition) is 4. The van der Waals surface area contributed by atoms with Crippen LogP contribution >= 0.6 is 47.0 Å². The Kier molecular flexibility index (Phi) is 16.5. The molecule has 2 aliphatic rings. The van der Waals surface area contributed by atoms with Crippen molar-refractivity contribution in [2.24, 2.45) is 0 Å². The summed E-state index contributed by atoms with van der Waals surface area (Å²) in [6.45, 7) is 3.40. The van der Waals surface area contributed by atoms with Gasteiger partial charge in [0, 0.05) is 9.81 Å². The van der Waals surface area contributed by atoms with Gasteiger partial charge in [0.05, 0.1) is 102 Å². The fourth-order valence-electron chi connectivity index (χ4n) is 4.63. The van der Waals surface area contributed by atoms with Gasteiger partial charge in [-0.15, -0.1) is 5.10 Å². The van der Waals surface area contributed by atoms with E-state index in [0.29, 0.717) is 58.5 Å². The third-order valence-electron chi connectivity index (χ3n) is 7.27. The van der Waals surface area contributed by atoms with Gasteiger partial charge in [-0.2, -0.15) is 0 Å². The van der Waals surface area contributed by atoms with E-state index in [2.05, 4.69) is 21.1 Å². The summed E-state index contributed by atoms with van der Waals surface area (Å²) in [6, 6.07) is 7.16. The van der Waals surface area contributed by atoms with Crippen LogP contribution in [0.4, 0.5) is 0 Å². The number of carboxylic acids is 4. The highest BCUT2D eigenvalue weighted by Gasteiger charge is 2.22. The van der Waals surface area contributed by atoms with Gasteiger partial charge in [-0.3, -0.25) is 0 Å². The maximum Gasteiger partial charge on any atom is 0.335 e. The maximum atomic E-state index is 11.3. The van der Waals surface area contributed by atoms with E-state index < -0.39 is 23.9 Å². The normalized spacial score (nSPS) is 15.1. The first-order chi connectivity index (χ1) is 27.0. The Bertz CT molecular complexity index is 1940. The summed E-state index contributed by atoms with van der Waals surface area (Å²) in [4.78, 5) is 47.3. The number of thioether (sulfide) groups is 4. The molecule has 4 N–H and O–H groups in total. The summed E-state index contributed by atoms with van der Waals surface area (Å²) >= 11 is 6.64. The van der Waals surface area contributed by atoms with Crippen molar-refractivity contribution in [3.05, 3.63) is 99.6 Å². The van der Waals surface area contributed by atoms with E-state index >= 15 is 0 Å². The standard InChI is InChI=1S/C35H35N3O14S4/c39-30(40)21-9-22(31(41)42)12-26(11-21)51-8-7-48-4-6-50-18-29-20-54-35(56-29)34-53-19-28(55-34)17-49-5-3-47-2-1-38-25(15-36-37-38)16-52-27-13-23(32(43)44)10-24(14-27)33(45)46/h9-15,19-20H,1-8,16-18H2,(H,39,40)(H,41,42)(H,43,44)(H,45,46)/b35-34-. The zero-order chi connectivity index (χ0) is 39.9. The zero-order valence-corrected chi connectivity index (χ0v) is 32.6. The Labute approximate surface area is 336 Å². The molecule has 0 unspecified atom stereocenters. The summed E-state index contributed by atoms with van der Waals surface area (Å²) in [5.74, 6) is -4.78. The summed E-state index contributed by atoms with van der Waals surface area (Å²) in [7, 11) is 0. The second-order valence-corrected chi connectivity index (χ2v) is 15.9. The number of benzene rings is 2. The van der Waals surface area contributed by atoms with Crippen LogP contribution in [0.2, 0.25) is 0 Å². The molecule has 0 saturated heterocycles. The SMILES string of the molecule is O=C(O)c1cc(OCCOCCOCC2=CS/C(=C3\SC=C(COCCOCCn4nncc4COc4cc(C(=O)O)cc(C(=O)O)c4)S3)S2)cc(C(=O)O)c1. The van der Waals surface area contributed by atoms with E-state index in [9.17, 15) is 29.4 Å². The molecule has 1 aromatic heterocycles. The Morgan fingerprint density at radius 1 is 0.554 bits per heavy atom. The van der Waals surface area contributed by atoms with Crippen molar-refractivity contribution in [3.8, 4) is 11.5 Å². The molecule has 21 heteroatoms. The van der Waals surface area contributed by atoms with E-state index in [0.717, 1.165) is 21.9 Å². The van der Waals surface area contributed by atoms with Crippen molar-refractivity contribution in [1.82, 2.24) is 15.0 Å². The van der Waals surface area contributed by atoms with Crippen LogP contribution in [0.1, 0.15) is 47.1 Å². The van der Waals surface area contributed by atoms with Crippen LogP contribution in [0.5, 0.6) is 11.5 Å². The van der Waals surface area contributed by atoms with Crippen molar-refractivity contribution in [3.63, 3.8) is 0 Å². The number of carbonyl (C=O) groups is 4. The van der Waals surface area contributed by atoms with Gasteiger partial charge in [-0.1, -0.05) is 52.3 Å². The van der Waals surface area contributed by atoms with Gasteiger partial charge in [0.15, 0.2) is 0 Å². The highest BCUT2D eigenvalue weighted by molar-refractivity contribution is 8.33. The van der Waals surface area contributed by atoms with Crippen LogP contribution in [-0.4, -0.2) is 119 Å². The van der Waals surface area contributed by atoms with Gasteiger partial charge in [-0.05, 0) is 47.2 Å². The molecule has 0 radical (unpaired) electrons. The van der Waals surface area contributed by atoms with Crippen LogP contribution in [0.3, 0.4) is 0 Å². The van der Waals surface area contributed by atoms with E-state index in [1.54, 1.807) is 51.7 Å². The Balaban J connectivity index is 0.890. The van der Waals surface area contributed by atoms with E-state index in [-0.39, 0.29) is 53.6 Å². The number of carboxylic acid groups (broad SMARTS) is 4. The molecule has 298 valence electrons. The smallest absolute Gasteiger partial charge is 0.335 e. The number of aromatic nitrogens is 3. The average molecular weight is 850 g/mol. The van der Waals surface area contributed by atoms with Crippen LogP contribution in [-0.2, 0) is 32.1 Å². The average Bonchev–Trinajstić information content (AvgIpc) is 3.96. The molecule has 2 aromatic carbocycles. The second-order valence-electron chi connectivity index (χ2n) is 11.3. The van der Waals surface area contributed by atoms with Crippen LogP contribution in [0.25, 0.3) is 0 Å². The lowest BCUT2D eigenvalue weighted by atomic mass is 10.1. The molecular formula is C35H35N3O14S4. The molecule has 0 bridgehead atoms.